The second-order valence-corrected chi connectivity index (χ2v) is 14.0. The van der Waals surface area contributed by atoms with Crippen molar-refractivity contribution in [3.63, 3.8) is 0 Å². The lowest BCUT2D eigenvalue weighted by Crippen LogP contribution is -2.16. The van der Waals surface area contributed by atoms with Crippen molar-refractivity contribution in [2.45, 2.75) is 19.3 Å². The van der Waals surface area contributed by atoms with Crippen LogP contribution < -0.4 is 4.90 Å². The Labute approximate surface area is 280 Å². The molecule has 1 aliphatic carbocycles. The number of fused-ring (bicyclic) bond motifs is 6. The first-order chi connectivity index (χ1) is 23.1. The highest BCUT2D eigenvalue weighted by Crippen LogP contribution is 2.54. The summed E-state index contributed by atoms with van der Waals surface area (Å²) in [6, 6.07) is 60.0. The number of rotatable bonds is 5. The van der Waals surface area contributed by atoms with Crippen molar-refractivity contribution < 1.29 is 0 Å². The van der Waals surface area contributed by atoms with Crippen molar-refractivity contribution in [1.82, 2.24) is 0 Å². The summed E-state index contributed by atoms with van der Waals surface area (Å²) in [4.78, 5) is 2.44. The maximum atomic E-state index is 2.44. The molecule has 1 aliphatic rings. The largest absolute Gasteiger partial charge is 0.310 e. The summed E-state index contributed by atoms with van der Waals surface area (Å²) in [5, 5.41) is 2.67. The first kappa shape index (κ1) is 27.8. The molecule has 7 aromatic carbocycles. The Kier molecular flexibility index (Phi) is 6.41. The Morgan fingerprint density at radius 3 is 1.81 bits per heavy atom. The van der Waals surface area contributed by atoms with Crippen LogP contribution in [0.4, 0.5) is 17.1 Å². The molecular weight excluding hydrogens is 587 g/mol. The zero-order valence-corrected chi connectivity index (χ0v) is 27.3. The average molecular weight is 620 g/mol. The fourth-order valence-electron chi connectivity index (χ4n) is 7.59. The van der Waals surface area contributed by atoms with Gasteiger partial charge >= 0.3 is 0 Å². The molecule has 0 atom stereocenters. The van der Waals surface area contributed by atoms with Gasteiger partial charge in [-0.2, -0.15) is 0 Å². The lowest BCUT2D eigenvalue weighted by molar-refractivity contribution is 0.660. The van der Waals surface area contributed by atoms with Crippen LogP contribution in [0.1, 0.15) is 25.0 Å². The molecule has 0 aliphatic heterocycles. The lowest BCUT2D eigenvalue weighted by atomic mass is 9.82. The quantitative estimate of drug-likeness (QED) is 0.185. The van der Waals surface area contributed by atoms with Gasteiger partial charge in [-0.1, -0.05) is 135 Å². The minimum absolute atomic E-state index is 0.0728. The van der Waals surface area contributed by atoms with Crippen molar-refractivity contribution in [1.29, 1.82) is 0 Å². The molecule has 0 radical (unpaired) electrons. The summed E-state index contributed by atoms with van der Waals surface area (Å²) in [6.07, 6.45) is 0. The molecule has 0 saturated carbocycles. The molecule has 224 valence electrons. The molecule has 0 spiro atoms. The van der Waals surface area contributed by atoms with Crippen molar-refractivity contribution in [3.05, 3.63) is 175 Å². The van der Waals surface area contributed by atoms with Gasteiger partial charge in [-0.25, -0.2) is 0 Å². The molecular formula is C45H33NS. The first-order valence-electron chi connectivity index (χ1n) is 16.3. The van der Waals surface area contributed by atoms with Gasteiger partial charge in [-0.05, 0) is 81.4 Å². The SMILES string of the molecule is CC1(C)c2ccccc2-c2c(N(c3ccc(-c4ccccc4)cc3)c3ccc(-c4cccc5sc6ccccc6c45)cc3)cccc21. The Bertz CT molecular complexity index is 2410. The van der Waals surface area contributed by atoms with Crippen molar-refractivity contribution in [3.8, 4) is 33.4 Å². The molecule has 0 fully saturated rings. The predicted octanol–water partition coefficient (Wildman–Crippen LogP) is 13.2. The highest BCUT2D eigenvalue weighted by atomic mass is 32.1. The van der Waals surface area contributed by atoms with Crippen LogP contribution in [-0.4, -0.2) is 0 Å². The minimum Gasteiger partial charge on any atom is -0.310 e. The van der Waals surface area contributed by atoms with Crippen molar-refractivity contribution in [2.24, 2.45) is 0 Å². The lowest BCUT2D eigenvalue weighted by Gasteiger charge is -2.29. The molecule has 1 nitrogen and oxygen atoms in total. The van der Waals surface area contributed by atoms with Gasteiger partial charge in [0.1, 0.15) is 0 Å². The van der Waals surface area contributed by atoms with Gasteiger partial charge < -0.3 is 4.90 Å². The zero-order valence-electron chi connectivity index (χ0n) is 26.4. The van der Waals surface area contributed by atoms with Crippen LogP contribution in [0, 0.1) is 0 Å². The molecule has 1 heterocycles. The van der Waals surface area contributed by atoms with Crippen LogP contribution in [-0.2, 0) is 5.41 Å². The normalized spacial score (nSPS) is 13.1. The van der Waals surface area contributed by atoms with Gasteiger partial charge in [0.05, 0.1) is 5.69 Å². The van der Waals surface area contributed by atoms with E-state index in [1.54, 1.807) is 0 Å². The van der Waals surface area contributed by atoms with E-state index < -0.39 is 0 Å². The second-order valence-electron chi connectivity index (χ2n) is 12.9. The Morgan fingerprint density at radius 2 is 1.02 bits per heavy atom. The fourth-order valence-corrected chi connectivity index (χ4v) is 8.72. The highest BCUT2D eigenvalue weighted by Gasteiger charge is 2.37. The van der Waals surface area contributed by atoms with E-state index in [2.05, 4.69) is 183 Å². The van der Waals surface area contributed by atoms with Crippen LogP contribution >= 0.6 is 11.3 Å². The van der Waals surface area contributed by atoms with E-state index in [-0.39, 0.29) is 5.41 Å². The molecule has 0 unspecified atom stereocenters. The van der Waals surface area contributed by atoms with Crippen molar-refractivity contribution in [2.75, 3.05) is 4.90 Å². The van der Waals surface area contributed by atoms with Crippen LogP contribution in [0.5, 0.6) is 0 Å². The topological polar surface area (TPSA) is 3.24 Å². The summed E-state index contributed by atoms with van der Waals surface area (Å²) in [6.45, 7) is 4.70. The summed E-state index contributed by atoms with van der Waals surface area (Å²) in [5.41, 5.74) is 13.7. The first-order valence-corrected chi connectivity index (χ1v) is 17.1. The third-order valence-corrected chi connectivity index (χ3v) is 11.0. The maximum Gasteiger partial charge on any atom is 0.0543 e. The van der Waals surface area contributed by atoms with Crippen LogP contribution in [0.25, 0.3) is 53.6 Å². The number of hydrogen-bond donors (Lipinski definition) is 0. The average Bonchev–Trinajstić information content (AvgIpc) is 3.62. The van der Waals surface area contributed by atoms with E-state index in [1.807, 2.05) is 11.3 Å². The predicted molar refractivity (Wildman–Crippen MR) is 202 cm³/mol. The summed E-state index contributed by atoms with van der Waals surface area (Å²) < 4.78 is 2.66. The summed E-state index contributed by atoms with van der Waals surface area (Å²) in [5.74, 6) is 0. The molecule has 0 amide bonds. The van der Waals surface area contributed by atoms with Crippen LogP contribution in [0.3, 0.4) is 0 Å². The van der Waals surface area contributed by atoms with E-state index in [4.69, 9.17) is 0 Å². The van der Waals surface area contributed by atoms with Gasteiger partial charge in [-0.15, -0.1) is 11.3 Å². The van der Waals surface area contributed by atoms with Crippen LogP contribution in [0.15, 0.2) is 164 Å². The molecule has 0 N–H and O–H groups in total. The molecule has 8 aromatic rings. The van der Waals surface area contributed by atoms with E-state index in [0.29, 0.717) is 0 Å². The van der Waals surface area contributed by atoms with Gasteiger partial charge in [-0.3, -0.25) is 0 Å². The van der Waals surface area contributed by atoms with Gasteiger partial charge in [0.2, 0.25) is 0 Å². The smallest absolute Gasteiger partial charge is 0.0543 e. The van der Waals surface area contributed by atoms with Crippen LogP contribution in [0.2, 0.25) is 0 Å². The molecule has 1 aromatic heterocycles. The third kappa shape index (κ3) is 4.44. The van der Waals surface area contributed by atoms with E-state index >= 15 is 0 Å². The maximum absolute atomic E-state index is 2.44. The molecule has 2 heteroatoms. The number of anilines is 3. The van der Waals surface area contributed by atoms with Crippen molar-refractivity contribution >= 4 is 48.6 Å². The molecule has 0 bridgehead atoms. The molecule has 9 rings (SSSR count). The number of hydrogen-bond acceptors (Lipinski definition) is 2. The summed E-state index contributed by atoms with van der Waals surface area (Å²) in [7, 11) is 0. The Hall–Kier alpha value is -5.44. The standard InChI is InChI=1S/C45H33NS/c1-45(2)38-17-8-6-14-36(38)44-39(45)18-11-19-40(44)46(33-26-22-31(23-27-33)30-12-4-3-5-13-30)34-28-24-32(25-29-34)35-16-10-21-42-43(35)37-15-7-9-20-41(37)47-42/h3-29H,1-2H3. The summed E-state index contributed by atoms with van der Waals surface area (Å²) >= 11 is 1.87. The van der Waals surface area contributed by atoms with E-state index in [1.165, 1.54) is 70.4 Å². The molecule has 0 saturated heterocycles. The number of benzene rings is 7. The van der Waals surface area contributed by atoms with Gasteiger partial charge in [0, 0.05) is 42.5 Å². The second kappa shape index (κ2) is 10.8. The minimum atomic E-state index is -0.0728. The highest BCUT2D eigenvalue weighted by molar-refractivity contribution is 7.25. The third-order valence-electron chi connectivity index (χ3n) is 9.90. The Balaban J connectivity index is 1.21. The number of thiophene rings is 1. The molecule has 47 heavy (non-hydrogen) atoms. The van der Waals surface area contributed by atoms with Gasteiger partial charge in [0.25, 0.3) is 0 Å². The Morgan fingerprint density at radius 1 is 0.447 bits per heavy atom. The monoisotopic (exact) mass is 619 g/mol. The van der Waals surface area contributed by atoms with Gasteiger partial charge in [0.15, 0.2) is 0 Å². The fraction of sp³-hybridized carbons (Fsp3) is 0.0667. The zero-order chi connectivity index (χ0) is 31.5. The van der Waals surface area contributed by atoms with E-state index in [0.717, 1.165) is 11.4 Å². The van der Waals surface area contributed by atoms with E-state index in [9.17, 15) is 0 Å². The number of nitrogens with zero attached hydrogens (tertiary/aromatic N) is 1.